The molecule has 7 heteroatoms. The van der Waals surface area contributed by atoms with Crippen LogP contribution in [0, 0.1) is 10.1 Å². The van der Waals surface area contributed by atoms with Gasteiger partial charge in [-0.05, 0) is 18.1 Å². The van der Waals surface area contributed by atoms with Gasteiger partial charge in [0.05, 0.1) is 4.92 Å². The van der Waals surface area contributed by atoms with Gasteiger partial charge in [0, 0.05) is 11.8 Å². The van der Waals surface area contributed by atoms with Crippen molar-refractivity contribution in [2.24, 2.45) is 0 Å². The molecular formula is C13H13N3O4. The predicted octanol–water partition coefficient (Wildman–Crippen LogP) is 2.60. The highest BCUT2D eigenvalue weighted by Gasteiger charge is 2.21. The molecule has 0 aliphatic rings. The molecule has 0 atom stereocenters. The van der Waals surface area contributed by atoms with Crippen molar-refractivity contribution >= 4 is 11.7 Å². The Kier molecular flexibility index (Phi) is 3.51. The zero-order chi connectivity index (χ0) is 14.9. The Morgan fingerprint density at radius 2 is 2.05 bits per heavy atom. The molecule has 2 aromatic rings. The van der Waals surface area contributed by atoms with Gasteiger partial charge in [0.2, 0.25) is 0 Å². The van der Waals surface area contributed by atoms with Crippen molar-refractivity contribution in [1.82, 2.24) is 9.78 Å². The quantitative estimate of drug-likeness (QED) is 0.683. The van der Waals surface area contributed by atoms with Crippen molar-refractivity contribution < 1.29 is 14.8 Å². The third-order valence-corrected chi connectivity index (χ3v) is 2.85. The summed E-state index contributed by atoms with van der Waals surface area (Å²) in [5, 5.41) is 24.0. The summed E-state index contributed by atoms with van der Waals surface area (Å²) in [6.07, 6.45) is 0. The van der Waals surface area contributed by atoms with Gasteiger partial charge in [-0.3, -0.25) is 10.1 Å². The van der Waals surface area contributed by atoms with Gasteiger partial charge in [-0.2, -0.15) is 5.10 Å². The van der Waals surface area contributed by atoms with Gasteiger partial charge < -0.3 is 5.11 Å². The lowest BCUT2D eigenvalue weighted by Crippen LogP contribution is -2.07. The van der Waals surface area contributed by atoms with Crippen molar-refractivity contribution in [3.8, 4) is 5.69 Å². The second-order valence-corrected chi connectivity index (χ2v) is 4.57. The molecule has 1 heterocycles. The fourth-order valence-corrected chi connectivity index (χ4v) is 1.90. The Balaban J connectivity index is 2.69. The van der Waals surface area contributed by atoms with Gasteiger partial charge in [-0.1, -0.05) is 26.0 Å². The van der Waals surface area contributed by atoms with E-state index in [1.54, 1.807) is 18.2 Å². The lowest BCUT2D eigenvalue weighted by molar-refractivity contribution is -0.384. The SMILES string of the molecule is CC(C)c1cc(C(=O)O)nn1-c1ccccc1[N+](=O)[O-]. The summed E-state index contributed by atoms with van der Waals surface area (Å²) in [5.41, 5.74) is 0.617. The number of aromatic carboxylic acids is 1. The van der Waals surface area contributed by atoms with Crippen LogP contribution in [0.5, 0.6) is 0 Å². The van der Waals surface area contributed by atoms with Crippen molar-refractivity contribution in [2.45, 2.75) is 19.8 Å². The summed E-state index contributed by atoms with van der Waals surface area (Å²) >= 11 is 0. The first-order valence-corrected chi connectivity index (χ1v) is 5.99. The van der Waals surface area contributed by atoms with Gasteiger partial charge in [0.15, 0.2) is 5.69 Å². The molecule has 0 amide bonds. The lowest BCUT2D eigenvalue weighted by atomic mass is 10.1. The van der Waals surface area contributed by atoms with Crippen LogP contribution in [0.25, 0.3) is 5.69 Å². The van der Waals surface area contributed by atoms with Crippen molar-refractivity contribution in [3.05, 3.63) is 51.8 Å². The van der Waals surface area contributed by atoms with E-state index < -0.39 is 10.9 Å². The average Bonchev–Trinajstić information content (AvgIpc) is 2.83. The average molecular weight is 275 g/mol. The number of para-hydroxylation sites is 2. The molecule has 1 aromatic heterocycles. The minimum Gasteiger partial charge on any atom is -0.476 e. The van der Waals surface area contributed by atoms with Crippen LogP contribution in [0.15, 0.2) is 30.3 Å². The van der Waals surface area contributed by atoms with Crippen LogP contribution in [-0.2, 0) is 0 Å². The maximum Gasteiger partial charge on any atom is 0.356 e. The number of nitro groups is 1. The number of hydrogen-bond donors (Lipinski definition) is 1. The summed E-state index contributed by atoms with van der Waals surface area (Å²) in [5.74, 6) is -1.18. The molecule has 0 aliphatic carbocycles. The number of hydrogen-bond acceptors (Lipinski definition) is 4. The molecule has 1 N–H and O–H groups in total. The number of carboxylic acids is 1. The molecule has 0 aliphatic heterocycles. The van der Waals surface area contributed by atoms with Gasteiger partial charge in [-0.25, -0.2) is 9.48 Å². The lowest BCUT2D eigenvalue weighted by Gasteiger charge is -2.09. The van der Waals surface area contributed by atoms with E-state index in [1.807, 2.05) is 13.8 Å². The monoisotopic (exact) mass is 275 g/mol. The molecule has 0 radical (unpaired) electrons. The van der Waals surface area contributed by atoms with Crippen molar-refractivity contribution in [2.75, 3.05) is 0 Å². The number of carboxylic acid groups (broad SMARTS) is 1. The maximum atomic E-state index is 11.1. The third kappa shape index (κ3) is 2.37. The standard InChI is InChI=1S/C13H13N3O4/c1-8(2)12-7-9(13(17)18)14-15(12)10-5-3-4-6-11(10)16(19)20/h3-8H,1-2H3,(H,17,18). The van der Waals surface area contributed by atoms with Crippen LogP contribution in [0.4, 0.5) is 5.69 Å². The molecule has 1 aromatic carbocycles. The molecule has 2 rings (SSSR count). The molecule has 0 bridgehead atoms. The van der Waals surface area contributed by atoms with Crippen LogP contribution in [0.2, 0.25) is 0 Å². The molecule has 0 saturated heterocycles. The van der Waals surface area contributed by atoms with Crippen molar-refractivity contribution in [3.63, 3.8) is 0 Å². The Labute approximate surface area is 114 Å². The largest absolute Gasteiger partial charge is 0.476 e. The Hall–Kier alpha value is -2.70. The number of benzene rings is 1. The van der Waals surface area contributed by atoms with E-state index >= 15 is 0 Å². The predicted molar refractivity (Wildman–Crippen MR) is 71.3 cm³/mol. The zero-order valence-electron chi connectivity index (χ0n) is 11.0. The Morgan fingerprint density at radius 3 is 2.60 bits per heavy atom. The number of nitrogens with zero attached hydrogens (tertiary/aromatic N) is 3. The third-order valence-electron chi connectivity index (χ3n) is 2.85. The number of carbonyl (C=O) groups is 1. The second-order valence-electron chi connectivity index (χ2n) is 4.57. The minimum absolute atomic E-state index is 0.0181. The maximum absolute atomic E-state index is 11.1. The van der Waals surface area contributed by atoms with Crippen LogP contribution in [-0.4, -0.2) is 25.8 Å². The van der Waals surface area contributed by atoms with E-state index in [0.717, 1.165) is 0 Å². The van der Waals surface area contributed by atoms with Crippen molar-refractivity contribution in [1.29, 1.82) is 0 Å². The van der Waals surface area contributed by atoms with Crippen LogP contribution in [0.3, 0.4) is 0 Å². The molecule has 20 heavy (non-hydrogen) atoms. The smallest absolute Gasteiger partial charge is 0.356 e. The molecule has 0 saturated carbocycles. The van der Waals surface area contributed by atoms with Crippen LogP contribution < -0.4 is 0 Å². The summed E-state index contributed by atoms with van der Waals surface area (Å²) in [6.45, 7) is 3.74. The summed E-state index contributed by atoms with van der Waals surface area (Å²) in [6, 6.07) is 7.54. The van der Waals surface area contributed by atoms with Crippen LogP contribution >= 0.6 is 0 Å². The van der Waals surface area contributed by atoms with Gasteiger partial charge in [0.25, 0.3) is 5.69 Å². The fraction of sp³-hybridized carbons (Fsp3) is 0.231. The zero-order valence-corrected chi connectivity index (χ0v) is 11.0. The Morgan fingerprint density at radius 1 is 1.40 bits per heavy atom. The summed E-state index contributed by atoms with van der Waals surface area (Å²) in [7, 11) is 0. The highest BCUT2D eigenvalue weighted by molar-refractivity contribution is 5.85. The molecular weight excluding hydrogens is 262 g/mol. The Bertz CT molecular complexity index is 676. The molecule has 0 fully saturated rings. The first-order chi connectivity index (χ1) is 9.41. The van der Waals surface area contributed by atoms with Gasteiger partial charge >= 0.3 is 5.97 Å². The summed E-state index contributed by atoms with van der Waals surface area (Å²) < 4.78 is 1.33. The second kappa shape index (κ2) is 5.12. The molecule has 104 valence electrons. The number of aromatic nitrogens is 2. The molecule has 0 spiro atoms. The van der Waals surface area contributed by atoms with E-state index in [9.17, 15) is 14.9 Å². The first-order valence-electron chi connectivity index (χ1n) is 5.99. The number of nitro benzene ring substituents is 1. The topological polar surface area (TPSA) is 98.3 Å². The highest BCUT2D eigenvalue weighted by Crippen LogP contribution is 2.26. The van der Waals surface area contributed by atoms with E-state index in [-0.39, 0.29) is 23.0 Å². The van der Waals surface area contributed by atoms with E-state index in [4.69, 9.17) is 5.11 Å². The minimum atomic E-state index is -1.16. The van der Waals surface area contributed by atoms with E-state index in [1.165, 1.54) is 16.8 Å². The fourth-order valence-electron chi connectivity index (χ4n) is 1.90. The normalized spacial score (nSPS) is 10.8. The first kappa shape index (κ1) is 13.7. The number of rotatable bonds is 4. The van der Waals surface area contributed by atoms with Gasteiger partial charge in [-0.15, -0.1) is 0 Å². The van der Waals surface area contributed by atoms with Crippen LogP contribution in [0.1, 0.15) is 35.9 Å². The highest BCUT2D eigenvalue weighted by atomic mass is 16.6. The van der Waals surface area contributed by atoms with E-state index in [2.05, 4.69) is 5.10 Å². The summed E-state index contributed by atoms with van der Waals surface area (Å²) in [4.78, 5) is 21.6. The molecule has 0 unspecified atom stereocenters. The van der Waals surface area contributed by atoms with Gasteiger partial charge in [0.1, 0.15) is 5.69 Å². The van der Waals surface area contributed by atoms with E-state index in [0.29, 0.717) is 5.69 Å². The molecule has 7 nitrogen and oxygen atoms in total.